The molecule has 1 aromatic carbocycles. The Labute approximate surface area is 182 Å². The summed E-state index contributed by atoms with van der Waals surface area (Å²) in [5, 5.41) is 2.64. The Morgan fingerprint density at radius 2 is 1.82 bits per heavy atom. The van der Waals surface area contributed by atoms with Crippen molar-refractivity contribution < 1.29 is 31.5 Å². The number of aromatic nitrogens is 5. The van der Waals surface area contributed by atoms with Crippen molar-refractivity contribution in [2.24, 2.45) is 0 Å². The molecule has 8 nitrogen and oxygen atoms in total. The number of ether oxygens (including phenoxy) is 1. The van der Waals surface area contributed by atoms with Crippen LogP contribution < -0.4 is 5.32 Å². The van der Waals surface area contributed by atoms with Crippen LogP contribution >= 0.6 is 0 Å². The summed E-state index contributed by atoms with van der Waals surface area (Å²) in [6.07, 6.45) is -0.973. The average Bonchev–Trinajstić information content (AvgIpc) is 3.18. The fourth-order valence-corrected chi connectivity index (χ4v) is 3.06. The molecule has 0 aliphatic rings. The van der Waals surface area contributed by atoms with Crippen LogP contribution in [0.4, 0.5) is 27.8 Å². The number of methoxy groups -OCH3 is 1. The lowest BCUT2D eigenvalue weighted by atomic mass is 10.2. The maximum Gasteiger partial charge on any atom is 0.450 e. The summed E-state index contributed by atoms with van der Waals surface area (Å²) < 4.78 is 73.6. The van der Waals surface area contributed by atoms with Crippen LogP contribution in [0.3, 0.4) is 0 Å². The molecule has 13 heteroatoms. The second-order valence-corrected chi connectivity index (χ2v) is 6.66. The van der Waals surface area contributed by atoms with E-state index in [1.807, 2.05) is 0 Å². The third-order valence-electron chi connectivity index (χ3n) is 4.60. The van der Waals surface area contributed by atoms with E-state index in [-0.39, 0.29) is 40.3 Å². The van der Waals surface area contributed by atoms with E-state index in [9.17, 15) is 26.7 Å². The van der Waals surface area contributed by atoms with Crippen LogP contribution in [0.2, 0.25) is 0 Å². The molecule has 0 aliphatic heterocycles. The Morgan fingerprint density at radius 3 is 2.42 bits per heavy atom. The molecule has 0 amide bonds. The minimum absolute atomic E-state index is 0.0320. The van der Waals surface area contributed by atoms with Gasteiger partial charge in [0.15, 0.2) is 5.82 Å². The topological polar surface area (TPSA) is 94.8 Å². The van der Waals surface area contributed by atoms with E-state index < -0.39 is 29.6 Å². The number of hydrogen-bond donors (Lipinski definition) is 1. The van der Waals surface area contributed by atoms with Crippen molar-refractivity contribution in [3.8, 4) is 5.82 Å². The van der Waals surface area contributed by atoms with E-state index >= 15 is 0 Å². The highest BCUT2D eigenvalue weighted by atomic mass is 19.4. The minimum Gasteiger partial charge on any atom is -0.465 e. The number of anilines is 1. The quantitative estimate of drug-likeness (QED) is 0.354. The summed E-state index contributed by atoms with van der Waals surface area (Å²) in [7, 11) is 1.15. The van der Waals surface area contributed by atoms with Crippen LogP contribution in [0.15, 0.2) is 43.0 Å². The van der Waals surface area contributed by atoms with Crippen LogP contribution in [-0.2, 0) is 17.5 Å². The normalized spacial score (nSPS) is 11.6. The van der Waals surface area contributed by atoms with Crippen molar-refractivity contribution in [3.05, 3.63) is 71.6 Å². The summed E-state index contributed by atoms with van der Waals surface area (Å²) in [4.78, 5) is 26.7. The van der Waals surface area contributed by atoms with Crippen LogP contribution in [-0.4, -0.2) is 37.6 Å². The fourth-order valence-electron chi connectivity index (χ4n) is 3.06. The molecule has 3 heterocycles. The largest absolute Gasteiger partial charge is 0.465 e. The first-order valence-electron chi connectivity index (χ1n) is 9.21. The maximum atomic E-state index is 13.7. The number of rotatable bonds is 5. The van der Waals surface area contributed by atoms with E-state index in [2.05, 4.69) is 30.0 Å². The fraction of sp³-hybridized carbons (Fsp3) is 0.150. The number of nitrogens with zero attached hydrogens (tertiary/aromatic N) is 5. The zero-order valence-electron chi connectivity index (χ0n) is 16.7. The predicted molar refractivity (Wildman–Crippen MR) is 104 cm³/mol. The number of fused-ring (bicyclic) bond motifs is 1. The van der Waals surface area contributed by atoms with Gasteiger partial charge < -0.3 is 10.1 Å². The van der Waals surface area contributed by atoms with Gasteiger partial charge in [0, 0.05) is 12.1 Å². The van der Waals surface area contributed by atoms with Gasteiger partial charge in [-0.15, -0.1) is 0 Å². The summed E-state index contributed by atoms with van der Waals surface area (Å²) in [5.41, 5.74) is -0.314. The molecule has 0 radical (unpaired) electrons. The Morgan fingerprint density at radius 1 is 1.09 bits per heavy atom. The molecule has 0 bridgehead atoms. The number of alkyl halides is 3. The number of nitrogens with one attached hydrogen (secondary N) is 1. The molecule has 0 atom stereocenters. The lowest BCUT2D eigenvalue weighted by molar-refractivity contribution is -0.145. The highest BCUT2D eigenvalue weighted by molar-refractivity contribution is 5.94. The van der Waals surface area contributed by atoms with Gasteiger partial charge in [-0.05, 0) is 18.2 Å². The molecule has 1 N–H and O–H groups in total. The first-order chi connectivity index (χ1) is 15.7. The Hall–Kier alpha value is -4.16. The third kappa shape index (κ3) is 4.29. The van der Waals surface area contributed by atoms with Gasteiger partial charge in [-0.25, -0.2) is 28.5 Å². The molecule has 3 aromatic heterocycles. The van der Waals surface area contributed by atoms with Crippen molar-refractivity contribution in [3.63, 3.8) is 0 Å². The molecule has 0 fully saturated rings. The number of carbonyl (C=O) groups excluding carboxylic acids is 1. The smallest absolute Gasteiger partial charge is 0.450 e. The van der Waals surface area contributed by atoms with Gasteiger partial charge in [0.2, 0.25) is 5.82 Å². The van der Waals surface area contributed by atoms with Crippen molar-refractivity contribution in [2.75, 3.05) is 12.4 Å². The minimum atomic E-state index is -4.83. The van der Waals surface area contributed by atoms with Gasteiger partial charge >= 0.3 is 12.1 Å². The molecule has 0 aliphatic carbocycles. The molecule has 0 unspecified atom stereocenters. The van der Waals surface area contributed by atoms with E-state index in [4.69, 9.17) is 0 Å². The van der Waals surface area contributed by atoms with E-state index in [0.29, 0.717) is 0 Å². The van der Waals surface area contributed by atoms with Crippen LogP contribution in [0.1, 0.15) is 21.7 Å². The predicted octanol–water partition coefficient (Wildman–Crippen LogP) is 3.91. The monoisotopic (exact) mass is 464 g/mol. The summed E-state index contributed by atoms with van der Waals surface area (Å²) in [6, 6.07) is 3.76. The zero-order valence-corrected chi connectivity index (χ0v) is 16.7. The Bertz CT molecular complexity index is 1320. The molecule has 0 saturated heterocycles. The number of imidazole rings is 1. The van der Waals surface area contributed by atoms with Gasteiger partial charge in [-0.2, -0.15) is 13.2 Å². The highest BCUT2D eigenvalue weighted by Crippen LogP contribution is 2.33. The standard InChI is InChI=1S/C20H13F5N6O2/c1-33-18(32)10-2-3-15-14(4-10)30-19(20(23,24)25)31(15)17-9-28-16(8-29-17)27-5-11-12(21)6-26-7-13(11)22/h2-4,6-9H,5H2,1H3,(H,27,28). The SMILES string of the molecule is COC(=O)c1ccc2c(c1)nc(C(F)(F)F)n2-c1cnc(NCc2c(F)cncc2F)cn1. The van der Waals surface area contributed by atoms with E-state index in [1.165, 1.54) is 18.2 Å². The van der Waals surface area contributed by atoms with Crippen LogP contribution in [0.25, 0.3) is 16.9 Å². The lowest BCUT2D eigenvalue weighted by Crippen LogP contribution is -2.15. The maximum absolute atomic E-state index is 13.7. The molecular formula is C20H13F5N6O2. The average molecular weight is 464 g/mol. The van der Waals surface area contributed by atoms with Gasteiger partial charge in [0.25, 0.3) is 0 Å². The number of hydrogen-bond acceptors (Lipinski definition) is 7. The molecule has 4 aromatic rings. The van der Waals surface area contributed by atoms with Crippen molar-refractivity contribution in [1.29, 1.82) is 0 Å². The number of benzene rings is 1. The van der Waals surface area contributed by atoms with Gasteiger partial charge in [0.1, 0.15) is 17.5 Å². The summed E-state index contributed by atoms with van der Waals surface area (Å²) in [5.74, 6) is -3.85. The van der Waals surface area contributed by atoms with E-state index in [1.54, 1.807) is 0 Å². The van der Waals surface area contributed by atoms with Crippen molar-refractivity contribution >= 4 is 22.8 Å². The molecule has 170 valence electrons. The summed E-state index contributed by atoms with van der Waals surface area (Å²) in [6.45, 7) is -0.285. The molecular weight excluding hydrogens is 451 g/mol. The molecule has 33 heavy (non-hydrogen) atoms. The molecule has 0 spiro atoms. The first-order valence-corrected chi connectivity index (χ1v) is 9.21. The first kappa shape index (κ1) is 22.0. The van der Waals surface area contributed by atoms with Gasteiger partial charge in [-0.3, -0.25) is 9.55 Å². The second-order valence-electron chi connectivity index (χ2n) is 6.66. The third-order valence-corrected chi connectivity index (χ3v) is 4.60. The summed E-state index contributed by atoms with van der Waals surface area (Å²) >= 11 is 0. The number of esters is 1. The Balaban J connectivity index is 1.68. The van der Waals surface area contributed by atoms with Gasteiger partial charge in [-0.1, -0.05) is 0 Å². The molecule has 4 rings (SSSR count). The van der Waals surface area contributed by atoms with Gasteiger partial charge in [0.05, 0.1) is 48.5 Å². The zero-order chi connectivity index (χ0) is 23.8. The van der Waals surface area contributed by atoms with E-state index in [0.717, 1.165) is 36.5 Å². The van der Waals surface area contributed by atoms with Crippen molar-refractivity contribution in [2.45, 2.75) is 12.7 Å². The van der Waals surface area contributed by atoms with Crippen LogP contribution in [0, 0.1) is 11.6 Å². The highest BCUT2D eigenvalue weighted by Gasteiger charge is 2.38. The molecule has 0 saturated carbocycles. The number of pyridine rings is 1. The van der Waals surface area contributed by atoms with Crippen LogP contribution in [0.5, 0.6) is 0 Å². The number of halogens is 5. The number of carbonyl (C=O) groups is 1. The lowest BCUT2D eigenvalue weighted by Gasteiger charge is -2.11. The Kier molecular flexibility index (Phi) is 5.62. The van der Waals surface area contributed by atoms with Crippen molar-refractivity contribution in [1.82, 2.24) is 24.5 Å². The second kappa shape index (κ2) is 8.41.